The summed E-state index contributed by atoms with van der Waals surface area (Å²) in [5.74, 6) is 0.672. The molecule has 0 aliphatic carbocycles. The van der Waals surface area contributed by atoms with E-state index in [0.29, 0.717) is 18.1 Å². The average Bonchev–Trinajstić information content (AvgIpc) is 2.59. The summed E-state index contributed by atoms with van der Waals surface area (Å²) in [7, 11) is 0. The predicted octanol–water partition coefficient (Wildman–Crippen LogP) is 2.36. The molecule has 0 saturated carbocycles. The first-order valence-corrected chi connectivity index (χ1v) is 5.31. The normalized spacial score (nSPS) is 17.8. The minimum Gasteiger partial charge on any atom is -0.475 e. The van der Waals surface area contributed by atoms with Gasteiger partial charge in [-0.2, -0.15) is 0 Å². The molecule has 3 nitrogen and oxygen atoms in total. The zero-order chi connectivity index (χ0) is 11.8. The van der Waals surface area contributed by atoms with E-state index in [0.717, 1.165) is 17.4 Å². The molecule has 3 heteroatoms. The van der Waals surface area contributed by atoms with Gasteiger partial charge >= 0.3 is 0 Å². The molecule has 1 heterocycles. The van der Waals surface area contributed by atoms with Crippen LogP contribution in [0.1, 0.15) is 35.3 Å². The zero-order valence-corrected chi connectivity index (χ0v) is 9.78. The number of carbonyl (C=O) groups excluding carboxylic acids is 1. The van der Waals surface area contributed by atoms with Gasteiger partial charge in [0.1, 0.15) is 12.9 Å². The van der Waals surface area contributed by atoms with Crippen molar-refractivity contribution in [3.8, 4) is 0 Å². The fourth-order valence-corrected chi connectivity index (χ4v) is 1.67. The smallest absolute Gasteiger partial charge is 0.216 e. The molecule has 0 fully saturated rings. The van der Waals surface area contributed by atoms with Crippen LogP contribution in [0.2, 0.25) is 0 Å². The maximum absolute atomic E-state index is 10.7. The van der Waals surface area contributed by atoms with Crippen LogP contribution >= 0.6 is 0 Å². The van der Waals surface area contributed by atoms with Crippen LogP contribution in [0.15, 0.2) is 23.2 Å². The molecule has 0 atom stereocenters. The van der Waals surface area contributed by atoms with Crippen LogP contribution in [0, 0.1) is 6.92 Å². The topological polar surface area (TPSA) is 38.7 Å². The Balaban J connectivity index is 2.36. The first-order valence-electron chi connectivity index (χ1n) is 5.31. The molecule has 0 amide bonds. The Morgan fingerprint density at radius 3 is 2.69 bits per heavy atom. The number of ether oxygens (including phenoxy) is 1. The van der Waals surface area contributed by atoms with Gasteiger partial charge in [-0.1, -0.05) is 6.07 Å². The van der Waals surface area contributed by atoms with Gasteiger partial charge in [0, 0.05) is 11.1 Å². The van der Waals surface area contributed by atoms with Gasteiger partial charge in [0.25, 0.3) is 0 Å². The summed E-state index contributed by atoms with van der Waals surface area (Å²) in [5, 5.41) is 0. The number of aliphatic imine (C=N–C) groups is 1. The van der Waals surface area contributed by atoms with Gasteiger partial charge in [0.15, 0.2) is 0 Å². The number of hydrogen-bond acceptors (Lipinski definition) is 3. The molecule has 0 radical (unpaired) electrons. The highest BCUT2D eigenvalue weighted by atomic mass is 16.5. The molecule has 2 rings (SSSR count). The fraction of sp³-hybridized carbons (Fsp3) is 0.385. The van der Waals surface area contributed by atoms with Crippen LogP contribution in [0.5, 0.6) is 0 Å². The number of nitrogens with zero attached hydrogens (tertiary/aromatic N) is 1. The lowest BCUT2D eigenvalue weighted by Gasteiger charge is -2.07. The molecule has 1 aromatic rings. The monoisotopic (exact) mass is 217 g/mol. The van der Waals surface area contributed by atoms with Crippen LogP contribution in [0.3, 0.4) is 0 Å². The van der Waals surface area contributed by atoms with Crippen molar-refractivity contribution in [2.45, 2.75) is 26.3 Å². The van der Waals surface area contributed by atoms with Gasteiger partial charge in [0.05, 0.1) is 5.54 Å². The van der Waals surface area contributed by atoms with Gasteiger partial charge in [-0.15, -0.1) is 0 Å². The highest BCUT2D eigenvalue weighted by Gasteiger charge is 2.26. The number of hydrogen-bond donors (Lipinski definition) is 0. The second-order valence-electron chi connectivity index (χ2n) is 4.71. The number of carbonyl (C=O) groups is 1. The Morgan fingerprint density at radius 1 is 1.44 bits per heavy atom. The van der Waals surface area contributed by atoms with E-state index in [1.54, 1.807) is 6.07 Å². The van der Waals surface area contributed by atoms with Crippen LogP contribution in [0.25, 0.3) is 0 Å². The molecular weight excluding hydrogens is 202 g/mol. The Morgan fingerprint density at radius 2 is 2.19 bits per heavy atom. The largest absolute Gasteiger partial charge is 0.475 e. The van der Waals surface area contributed by atoms with Crippen LogP contribution in [-0.4, -0.2) is 24.3 Å². The number of rotatable bonds is 2. The zero-order valence-electron chi connectivity index (χ0n) is 9.78. The van der Waals surface area contributed by atoms with Crippen LogP contribution in [0.4, 0.5) is 0 Å². The molecule has 16 heavy (non-hydrogen) atoms. The number of benzene rings is 1. The lowest BCUT2D eigenvalue weighted by atomic mass is 10.1. The van der Waals surface area contributed by atoms with E-state index >= 15 is 0 Å². The molecule has 84 valence electrons. The average molecular weight is 217 g/mol. The van der Waals surface area contributed by atoms with E-state index in [9.17, 15) is 4.79 Å². The quantitative estimate of drug-likeness (QED) is 0.713. The summed E-state index contributed by atoms with van der Waals surface area (Å²) in [6.45, 7) is 6.59. The lowest BCUT2D eigenvalue weighted by molar-refractivity contribution is 0.112. The van der Waals surface area contributed by atoms with Crippen LogP contribution < -0.4 is 0 Å². The highest BCUT2D eigenvalue weighted by molar-refractivity contribution is 5.96. The van der Waals surface area contributed by atoms with Crippen LogP contribution in [-0.2, 0) is 4.74 Å². The summed E-state index contributed by atoms with van der Waals surface area (Å²) in [6.07, 6.45) is 0.861. The van der Waals surface area contributed by atoms with Crippen molar-refractivity contribution < 1.29 is 9.53 Å². The summed E-state index contributed by atoms with van der Waals surface area (Å²) < 4.78 is 5.54. The summed E-state index contributed by atoms with van der Waals surface area (Å²) in [6, 6.07) is 5.61. The summed E-state index contributed by atoms with van der Waals surface area (Å²) in [4.78, 5) is 15.2. The second kappa shape index (κ2) is 3.74. The first kappa shape index (κ1) is 10.9. The van der Waals surface area contributed by atoms with Crippen molar-refractivity contribution in [2.24, 2.45) is 4.99 Å². The minimum absolute atomic E-state index is 0.146. The molecule has 1 aliphatic rings. The Hall–Kier alpha value is -1.64. The van der Waals surface area contributed by atoms with Crippen molar-refractivity contribution in [2.75, 3.05) is 6.61 Å². The van der Waals surface area contributed by atoms with Gasteiger partial charge < -0.3 is 4.74 Å². The predicted molar refractivity (Wildman–Crippen MR) is 63.1 cm³/mol. The fourth-order valence-electron chi connectivity index (χ4n) is 1.67. The van der Waals surface area contributed by atoms with Gasteiger partial charge in [0.2, 0.25) is 5.90 Å². The summed E-state index contributed by atoms with van der Waals surface area (Å²) >= 11 is 0. The number of aldehydes is 1. The maximum Gasteiger partial charge on any atom is 0.216 e. The van der Waals surface area contributed by atoms with Gasteiger partial charge in [-0.3, -0.25) is 4.79 Å². The SMILES string of the molecule is Cc1cc(C2=NC(C)(C)CO2)ccc1C=O. The van der Waals surface area contributed by atoms with Crippen molar-refractivity contribution in [3.05, 3.63) is 34.9 Å². The van der Waals surface area contributed by atoms with E-state index in [-0.39, 0.29) is 5.54 Å². The third-order valence-corrected chi connectivity index (χ3v) is 2.61. The standard InChI is InChI=1S/C13H15NO2/c1-9-6-10(4-5-11(9)7-15)12-14-13(2,3)8-16-12/h4-7H,8H2,1-3H3. The lowest BCUT2D eigenvalue weighted by Crippen LogP contribution is -2.17. The third-order valence-electron chi connectivity index (χ3n) is 2.61. The Kier molecular flexibility index (Phi) is 2.54. The van der Waals surface area contributed by atoms with E-state index in [4.69, 9.17) is 4.74 Å². The van der Waals surface area contributed by atoms with E-state index in [1.165, 1.54) is 0 Å². The van der Waals surface area contributed by atoms with Crippen molar-refractivity contribution in [1.82, 2.24) is 0 Å². The molecule has 0 unspecified atom stereocenters. The molecule has 0 N–H and O–H groups in total. The van der Waals surface area contributed by atoms with Gasteiger partial charge in [-0.25, -0.2) is 4.99 Å². The van der Waals surface area contributed by atoms with Gasteiger partial charge in [-0.05, 0) is 38.5 Å². The molecule has 0 bridgehead atoms. The second-order valence-corrected chi connectivity index (χ2v) is 4.71. The first-order chi connectivity index (χ1) is 7.52. The maximum atomic E-state index is 10.7. The van der Waals surface area contributed by atoms with Crippen molar-refractivity contribution >= 4 is 12.2 Å². The molecule has 0 aromatic heterocycles. The number of aryl methyl sites for hydroxylation is 1. The van der Waals surface area contributed by atoms with Crippen molar-refractivity contribution in [3.63, 3.8) is 0 Å². The Labute approximate surface area is 95.2 Å². The van der Waals surface area contributed by atoms with E-state index in [1.807, 2.05) is 32.9 Å². The van der Waals surface area contributed by atoms with E-state index in [2.05, 4.69) is 4.99 Å². The highest BCUT2D eigenvalue weighted by Crippen LogP contribution is 2.21. The summed E-state index contributed by atoms with van der Waals surface area (Å²) in [5.41, 5.74) is 2.45. The molecule has 0 spiro atoms. The molecular formula is C13H15NO2. The van der Waals surface area contributed by atoms with Crippen molar-refractivity contribution in [1.29, 1.82) is 0 Å². The minimum atomic E-state index is -0.146. The molecule has 1 aromatic carbocycles. The molecule has 1 aliphatic heterocycles. The Bertz CT molecular complexity index is 461. The molecule has 0 saturated heterocycles. The third kappa shape index (κ3) is 1.98. The van der Waals surface area contributed by atoms with E-state index < -0.39 is 0 Å².